The van der Waals surface area contributed by atoms with Gasteiger partial charge < -0.3 is 0 Å². The lowest BCUT2D eigenvalue weighted by Crippen LogP contribution is -1.95. The van der Waals surface area contributed by atoms with Crippen molar-refractivity contribution in [2.45, 2.75) is 0 Å². The van der Waals surface area contributed by atoms with Crippen LogP contribution < -0.4 is 0 Å². The van der Waals surface area contributed by atoms with Gasteiger partial charge in [0.05, 0.1) is 0 Å². The zero-order valence-electron chi connectivity index (χ0n) is 11.9. The van der Waals surface area contributed by atoms with E-state index in [0.29, 0.717) is 10.8 Å². The first-order valence-electron chi connectivity index (χ1n) is 6.79. The van der Waals surface area contributed by atoms with Gasteiger partial charge >= 0.3 is 12.2 Å². The molecule has 0 aliphatic carbocycles. The maximum absolute atomic E-state index is 14.1. The molecule has 0 aliphatic heterocycles. The molecule has 0 radical (unpaired) electrons. The fraction of sp³-hybridized carbons (Fsp3) is 0. The van der Waals surface area contributed by atoms with Crippen molar-refractivity contribution < 1.29 is 26.3 Å². The highest BCUT2D eigenvalue weighted by Gasteiger charge is 2.25. The van der Waals surface area contributed by atoms with Crippen molar-refractivity contribution in [3.8, 4) is 0 Å². The minimum absolute atomic E-state index is 0.0760. The van der Waals surface area contributed by atoms with Gasteiger partial charge in [-0.25, -0.2) is 8.78 Å². The fourth-order valence-electron chi connectivity index (χ4n) is 2.79. The zero-order valence-corrected chi connectivity index (χ0v) is 11.9. The van der Waals surface area contributed by atoms with E-state index < -0.39 is 34.9 Å². The second-order valence-electron chi connectivity index (χ2n) is 4.99. The van der Waals surface area contributed by atoms with Crippen molar-refractivity contribution >= 4 is 33.2 Å². The Morgan fingerprint density at radius 2 is 0.750 bits per heavy atom. The molecule has 24 heavy (non-hydrogen) atoms. The minimum Gasteiger partial charge on any atom is -0.200 e. The summed E-state index contributed by atoms with van der Waals surface area (Å²) >= 11 is 0. The van der Waals surface area contributed by atoms with Crippen LogP contribution in [0, 0.1) is 0 Å². The summed E-state index contributed by atoms with van der Waals surface area (Å²) in [6.45, 7) is 0. The lowest BCUT2D eigenvalue weighted by molar-refractivity contribution is 0.408. The molecule has 0 N–H and O–H groups in total. The molecule has 3 rings (SSSR count). The van der Waals surface area contributed by atoms with Gasteiger partial charge in [0.15, 0.2) is 11.7 Å². The van der Waals surface area contributed by atoms with Crippen LogP contribution in [-0.4, -0.2) is 0 Å². The van der Waals surface area contributed by atoms with E-state index in [4.69, 9.17) is 0 Å². The lowest BCUT2D eigenvalue weighted by Gasteiger charge is -2.14. The van der Waals surface area contributed by atoms with Gasteiger partial charge in [-0.2, -0.15) is 17.6 Å². The molecule has 122 valence electrons. The molecule has 0 spiro atoms. The first-order chi connectivity index (χ1) is 11.4. The molecular formula is C18H8F6. The predicted molar refractivity (Wildman–Crippen MR) is 81.9 cm³/mol. The van der Waals surface area contributed by atoms with Crippen LogP contribution in [-0.2, 0) is 0 Å². The van der Waals surface area contributed by atoms with Crippen molar-refractivity contribution in [3.63, 3.8) is 0 Å². The van der Waals surface area contributed by atoms with E-state index in [1.165, 1.54) is 36.4 Å². The van der Waals surface area contributed by atoms with E-state index in [1.54, 1.807) is 12.1 Å². The second kappa shape index (κ2) is 6.03. The van der Waals surface area contributed by atoms with Gasteiger partial charge in [0, 0.05) is 11.1 Å². The molecule has 0 nitrogen and oxygen atoms in total. The molecule has 0 aliphatic rings. The Morgan fingerprint density at radius 1 is 0.458 bits per heavy atom. The van der Waals surface area contributed by atoms with Crippen molar-refractivity contribution in [1.82, 2.24) is 0 Å². The molecule has 0 aromatic heterocycles. The molecular weight excluding hydrogens is 330 g/mol. The van der Waals surface area contributed by atoms with Gasteiger partial charge in [-0.3, -0.25) is 0 Å². The topological polar surface area (TPSA) is 0 Å². The summed E-state index contributed by atoms with van der Waals surface area (Å²) in [5, 5.41) is 0.562. The Balaban J connectivity index is 2.70. The third kappa shape index (κ3) is 2.44. The number of hydrogen-bond acceptors (Lipinski definition) is 0. The van der Waals surface area contributed by atoms with Gasteiger partial charge in [-0.15, -0.1) is 0 Å². The molecule has 6 heteroatoms. The maximum Gasteiger partial charge on any atom is 0.306 e. The predicted octanol–water partition coefficient (Wildman–Crippen LogP) is 7.06. The summed E-state index contributed by atoms with van der Waals surface area (Å²) in [5.74, 6) is -4.05. The van der Waals surface area contributed by atoms with E-state index in [9.17, 15) is 26.3 Å². The number of halogens is 6. The van der Waals surface area contributed by atoms with Crippen molar-refractivity contribution in [1.29, 1.82) is 0 Å². The van der Waals surface area contributed by atoms with Crippen LogP contribution in [0.5, 0.6) is 0 Å². The number of rotatable bonds is 2. The van der Waals surface area contributed by atoms with E-state index in [0.717, 1.165) is 0 Å². The summed E-state index contributed by atoms with van der Waals surface area (Å²) in [4.78, 5) is 0. The van der Waals surface area contributed by atoms with Crippen LogP contribution in [0.15, 0.2) is 60.7 Å². The van der Waals surface area contributed by atoms with Crippen LogP contribution in [0.2, 0.25) is 0 Å². The van der Waals surface area contributed by atoms with Gasteiger partial charge in [-0.05, 0) is 21.5 Å². The van der Waals surface area contributed by atoms with Crippen LogP contribution in [0.4, 0.5) is 26.3 Å². The smallest absolute Gasteiger partial charge is 0.200 e. The van der Waals surface area contributed by atoms with Gasteiger partial charge in [0.2, 0.25) is 0 Å². The van der Waals surface area contributed by atoms with Crippen molar-refractivity contribution in [3.05, 3.63) is 71.8 Å². The monoisotopic (exact) mass is 338 g/mol. The van der Waals surface area contributed by atoms with Crippen LogP contribution in [0.25, 0.3) is 33.2 Å². The number of hydrogen-bond donors (Lipinski definition) is 0. The minimum atomic E-state index is -2.70. The Morgan fingerprint density at radius 3 is 1.04 bits per heavy atom. The average Bonchev–Trinajstić information content (AvgIpc) is 2.59. The number of fused-ring (bicyclic) bond motifs is 3. The summed E-state index contributed by atoms with van der Waals surface area (Å²) in [7, 11) is 0. The summed E-state index contributed by atoms with van der Waals surface area (Å²) in [6.07, 6.45) is -5.41. The molecule has 3 aromatic rings. The standard InChI is InChI=1S/C18H8F6/c19-15(17(21)22)13-11-7-3-1-5-9(11)10-6-2-4-8-12(10)14(13)16(20)18(23)24/h1-8H. The molecule has 0 saturated carbocycles. The molecule has 0 amide bonds. The molecule has 0 unspecified atom stereocenters. The van der Waals surface area contributed by atoms with E-state index in [1.807, 2.05) is 0 Å². The summed E-state index contributed by atoms with van der Waals surface area (Å²) in [5.41, 5.74) is -1.76. The largest absolute Gasteiger partial charge is 0.306 e. The lowest BCUT2D eigenvalue weighted by atomic mass is 9.90. The molecule has 0 saturated heterocycles. The van der Waals surface area contributed by atoms with E-state index in [-0.39, 0.29) is 10.8 Å². The molecule has 0 atom stereocenters. The third-order valence-electron chi connectivity index (χ3n) is 3.70. The summed E-state index contributed by atoms with van der Waals surface area (Å²) < 4.78 is 79.7. The van der Waals surface area contributed by atoms with Gasteiger partial charge in [-0.1, -0.05) is 48.5 Å². The highest BCUT2D eigenvalue weighted by atomic mass is 19.3. The first-order valence-corrected chi connectivity index (χ1v) is 6.79. The maximum atomic E-state index is 14.1. The quantitative estimate of drug-likeness (QED) is 0.346. The van der Waals surface area contributed by atoms with Crippen molar-refractivity contribution in [2.75, 3.05) is 0 Å². The molecule has 0 heterocycles. The van der Waals surface area contributed by atoms with Crippen LogP contribution in [0.1, 0.15) is 11.1 Å². The van der Waals surface area contributed by atoms with E-state index >= 15 is 0 Å². The van der Waals surface area contributed by atoms with Crippen molar-refractivity contribution in [2.24, 2.45) is 0 Å². The van der Waals surface area contributed by atoms with E-state index in [2.05, 4.69) is 0 Å². The number of benzene rings is 3. The van der Waals surface area contributed by atoms with Gasteiger partial charge in [0.1, 0.15) is 0 Å². The Kier molecular flexibility index (Phi) is 4.05. The fourth-order valence-corrected chi connectivity index (χ4v) is 2.79. The second-order valence-corrected chi connectivity index (χ2v) is 4.99. The average molecular weight is 338 g/mol. The molecule has 3 aromatic carbocycles. The highest BCUT2D eigenvalue weighted by molar-refractivity contribution is 6.16. The van der Waals surface area contributed by atoms with Gasteiger partial charge in [0.25, 0.3) is 0 Å². The Bertz CT molecular complexity index is 926. The molecule has 0 fully saturated rings. The first kappa shape index (κ1) is 16.1. The highest BCUT2D eigenvalue weighted by Crippen LogP contribution is 2.42. The van der Waals surface area contributed by atoms with Crippen LogP contribution >= 0.6 is 0 Å². The SMILES string of the molecule is FC(F)=C(F)c1c(C(F)=C(F)F)c2ccccc2c2ccccc12. The zero-order chi connectivity index (χ0) is 17.4. The molecule has 0 bridgehead atoms. The summed E-state index contributed by atoms with van der Waals surface area (Å²) in [6, 6.07) is 11.7. The Hall–Kier alpha value is -2.76. The normalized spacial score (nSPS) is 10.9. The Labute approximate surface area is 132 Å². The third-order valence-corrected chi connectivity index (χ3v) is 3.70. The van der Waals surface area contributed by atoms with Crippen LogP contribution in [0.3, 0.4) is 0 Å².